The predicted molar refractivity (Wildman–Crippen MR) is 108 cm³/mol. The Morgan fingerprint density at radius 1 is 1.22 bits per heavy atom. The molecule has 1 aliphatic rings. The number of benzene rings is 2. The molecule has 3 rings (SSSR count). The molecule has 2 amide bonds. The van der Waals surface area contributed by atoms with Gasteiger partial charge in [0.25, 0.3) is 0 Å². The van der Waals surface area contributed by atoms with E-state index in [1.54, 1.807) is 7.11 Å². The highest BCUT2D eigenvalue weighted by Gasteiger charge is 2.30. The van der Waals surface area contributed by atoms with E-state index in [1.165, 1.54) is 5.56 Å². The van der Waals surface area contributed by atoms with E-state index >= 15 is 0 Å². The molecule has 0 aromatic heterocycles. The molecule has 27 heavy (non-hydrogen) atoms. The van der Waals surface area contributed by atoms with Gasteiger partial charge < -0.3 is 19.9 Å². The Hall–Kier alpha value is -2.53. The van der Waals surface area contributed by atoms with Crippen LogP contribution in [0.25, 0.3) is 0 Å². The van der Waals surface area contributed by atoms with Gasteiger partial charge in [-0.3, -0.25) is 0 Å². The molecule has 2 aromatic rings. The lowest BCUT2D eigenvalue weighted by atomic mass is 10.0. The molecule has 0 bridgehead atoms. The molecule has 0 spiro atoms. The second kappa shape index (κ2) is 8.91. The first kappa shape index (κ1) is 19.2. The molecule has 1 fully saturated rings. The van der Waals surface area contributed by atoms with Crippen LogP contribution in [0.5, 0.6) is 5.75 Å². The van der Waals surface area contributed by atoms with Crippen molar-refractivity contribution in [2.24, 2.45) is 0 Å². The summed E-state index contributed by atoms with van der Waals surface area (Å²) in [5.74, 6) is 0.830. The van der Waals surface area contributed by atoms with Crippen molar-refractivity contribution in [2.75, 3.05) is 34.3 Å². The minimum atomic E-state index is 0.00287. The number of methoxy groups -OCH3 is 1. The SMILES string of the molecule is COc1cccc(C2CCCN2C(=O)NCC(c2ccccc2)N(C)C)c1. The fourth-order valence-electron chi connectivity index (χ4n) is 3.76. The van der Waals surface area contributed by atoms with Gasteiger partial charge >= 0.3 is 6.03 Å². The number of carbonyl (C=O) groups is 1. The van der Waals surface area contributed by atoms with Crippen molar-refractivity contribution >= 4 is 6.03 Å². The molecule has 0 aliphatic carbocycles. The molecule has 2 atom stereocenters. The molecule has 1 N–H and O–H groups in total. The van der Waals surface area contributed by atoms with Crippen molar-refractivity contribution in [3.63, 3.8) is 0 Å². The minimum absolute atomic E-state index is 0.00287. The zero-order valence-corrected chi connectivity index (χ0v) is 16.4. The zero-order chi connectivity index (χ0) is 19.2. The van der Waals surface area contributed by atoms with E-state index in [-0.39, 0.29) is 18.1 Å². The highest BCUT2D eigenvalue weighted by molar-refractivity contribution is 5.75. The zero-order valence-electron chi connectivity index (χ0n) is 16.4. The molecular weight excluding hydrogens is 338 g/mol. The number of likely N-dealkylation sites (tertiary alicyclic amines) is 1. The fourth-order valence-corrected chi connectivity index (χ4v) is 3.76. The van der Waals surface area contributed by atoms with Gasteiger partial charge in [0, 0.05) is 13.1 Å². The molecule has 2 unspecified atom stereocenters. The van der Waals surface area contributed by atoms with E-state index < -0.39 is 0 Å². The van der Waals surface area contributed by atoms with Crippen molar-refractivity contribution in [1.82, 2.24) is 15.1 Å². The van der Waals surface area contributed by atoms with E-state index in [4.69, 9.17) is 4.74 Å². The van der Waals surface area contributed by atoms with E-state index in [1.807, 2.05) is 55.4 Å². The first-order chi connectivity index (χ1) is 13.1. The Kier molecular flexibility index (Phi) is 6.35. The highest BCUT2D eigenvalue weighted by atomic mass is 16.5. The first-order valence-corrected chi connectivity index (χ1v) is 9.50. The van der Waals surface area contributed by atoms with Gasteiger partial charge in [0.1, 0.15) is 5.75 Å². The molecule has 0 radical (unpaired) electrons. The molecule has 1 heterocycles. The van der Waals surface area contributed by atoms with E-state index in [2.05, 4.69) is 28.4 Å². The second-order valence-corrected chi connectivity index (χ2v) is 7.20. The van der Waals surface area contributed by atoms with Crippen LogP contribution in [-0.4, -0.2) is 50.1 Å². The van der Waals surface area contributed by atoms with Crippen molar-refractivity contribution in [1.29, 1.82) is 0 Å². The summed E-state index contributed by atoms with van der Waals surface area (Å²) in [7, 11) is 5.75. The van der Waals surface area contributed by atoms with Gasteiger partial charge in [-0.1, -0.05) is 42.5 Å². The first-order valence-electron chi connectivity index (χ1n) is 9.50. The molecule has 2 aromatic carbocycles. The van der Waals surface area contributed by atoms with Crippen molar-refractivity contribution in [2.45, 2.75) is 24.9 Å². The lowest BCUT2D eigenvalue weighted by Gasteiger charge is -2.29. The fraction of sp³-hybridized carbons (Fsp3) is 0.409. The van der Waals surface area contributed by atoms with Crippen LogP contribution in [0.3, 0.4) is 0 Å². The van der Waals surface area contributed by atoms with Crippen LogP contribution in [0.15, 0.2) is 54.6 Å². The average molecular weight is 367 g/mol. The van der Waals surface area contributed by atoms with Crippen LogP contribution in [0.4, 0.5) is 4.79 Å². The second-order valence-electron chi connectivity index (χ2n) is 7.20. The lowest BCUT2D eigenvalue weighted by molar-refractivity contribution is 0.187. The number of amides is 2. The monoisotopic (exact) mass is 367 g/mol. The average Bonchev–Trinajstić information content (AvgIpc) is 3.18. The minimum Gasteiger partial charge on any atom is -0.497 e. The number of rotatable bonds is 6. The topological polar surface area (TPSA) is 44.8 Å². The normalized spacial score (nSPS) is 17.8. The van der Waals surface area contributed by atoms with Crippen LogP contribution >= 0.6 is 0 Å². The molecule has 0 saturated carbocycles. The lowest BCUT2D eigenvalue weighted by Crippen LogP contribution is -2.43. The smallest absolute Gasteiger partial charge is 0.317 e. The molecule has 5 heteroatoms. The van der Waals surface area contributed by atoms with Crippen LogP contribution in [0.1, 0.15) is 36.1 Å². The summed E-state index contributed by atoms with van der Waals surface area (Å²) in [4.78, 5) is 17.0. The highest BCUT2D eigenvalue weighted by Crippen LogP contribution is 2.33. The number of nitrogens with zero attached hydrogens (tertiary/aromatic N) is 2. The summed E-state index contributed by atoms with van der Waals surface area (Å²) < 4.78 is 5.34. The Morgan fingerprint density at radius 2 is 2.00 bits per heavy atom. The maximum atomic E-state index is 12.9. The molecule has 5 nitrogen and oxygen atoms in total. The van der Waals surface area contributed by atoms with E-state index in [0.29, 0.717) is 6.54 Å². The van der Waals surface area contributed by atoms with E-state index in [0.717, 1.165) is 30.7 Å². The number of urea groups is 1. The Balaban J connectivity index is 1.67. The van der Waals surface area contributed by atoms with Crippen LogP contribution < -0.4 is 10.1 Å². The largest absolute Gasteiger partial charge is 0.497 e. The van der Waals surface area contributed by atoms with Crippen LogP contribution in [0.2, 0.25) is 0 Å². The molecule has 144 valence electrons. The number of nitrogens with one attached hydrogen (secondary N) is 1. The standard InChI is InChI=1S/C22H29N3O2/c1-24(2)21(17-9-5-4-6-10-17)16-23-22(26)25-14-8-13-20(25)18-11-7-12-19(15-18)27-3/h4-7,9-12,15,20-21H,8,13-14,16H2,1-3H3,(H,23,26). The summed E-state index contributed by atoms with van der Waals surface area (Å²) in [5, 5.41) is 3.15. The number of ether oxygens (including phenoxy) is 1. The number of hydrogen-bond donors (Lipinski definition) is 1. The van der Waals surface area contributed by atoms with Crippen molar-refractivity contribution in [3.05, 3.63) is 65.7 Å². The Labute approximate surface area is 161 Å². The van der Waals surface area contributed by atoms with Gasteiger partial charge in [0.15, 0.2) is 0 Å². The van der Waals surface area contributed by atoms with Gasteiger partial charge in [-0.2, -0.15) is 0 Å². The molecule has 1 aliphatic heterocycles. The number of hydrogen-bond acceptors (Lipinski definition) is 3. The van der Waals surface area contributed by atoms with Gasteiger partial charge in [0.2, 0.25) is 0 Å². The van der Waals surface area contributed by atoms with Gasteiger partial charge in [-0.25, -0.2) is 4.79 Å². The summed E-state index contributed by atoms with van der Waals surface area (Å²) in [6.07, 6.45) is 2.00. The van der Waals surface area contributed by atoms with E-state index in [9.17, 15) is 4.79 Å². The summed E-state index contributed by atoms with van der Waals surface area (Å²) in [6.45, 7) is 1.36. The number of likely N-dealkylation sites (N-methyl/N-ethyl adjacent to an activating group) is 1. The third kappa shape index (κ3) is 4.61. The quantitative estimate of drug-likeness (QED) is 0.844. The van der Waals surface area contributed by atoms with Crippen LogP contribution in [0, 0.1) is 0 Å². The van der Waals surface area contributed by atoms with Gasteiger partial charge in [0.05, 0.1) is 19.2 Å². The van der Waals surface area contributed by atoms with Gasteiger partial charge in [-0.05, 0) is 50.2 Å². The third-order valence-electron chi connectivity index (χ3n) is 5.25. The Morgan fingerprint density at radius 3 is 2.70 bits per heavy atom. The summed E-state index contributed by atoms with van der Waals surface area (Å²) in [5.41, 5.74) is 2.34. The van der Waals surface area contributed by atoms with Crippen molar-refractivity contribution in [3.8, 4) is 5.75 Å². The third-order valence-corrected chi connectivity index (χ3v) is 5.25. The summed E-state index contributed by atoms with van der Waals surface area (Å²) >= 11 is 0. The molecular formula is C22H29N3O2. The summed E-state index contributed by atoms with van der Waals surface area (Å²) in [6, 6.07) is 18.6. The Bertz CT molecular complexity index is 748. The maximum absolute atomic E-state index is 12.9. The van der Waals surface area contributed by atoms with Gasteiger partial charge in [-0.15, -0.1) is 0 Å². The van der Waals surface area contributed by atoms with Crippen LogP contribution in [-0.2, 0) is 0 Å². The number of carbonyl (C=O) groups excluding carboxylic acids is 1. The molecule has 1 saturated heterocycles. The van der Waals surface area contributed by atoms with Crippen molar-refractivity contribution < 1.29 is 9.53 Å². The predicted octanol–water partition coefficient (Wildman–Crippen LogP) is 3.84. The maximum Gasteiger partial charge on any atom is 0.317 e.